The van der Waals surface area contributed by atoms with Crippen molar-refractivity contribution < 1.29 is 13.6 Å². The lowest BCUT2D eigenvalue weighted by Crippen LogP contribution is -2.31. The smallest absolute Gasteiger partial charge is 0.257 e. The Labute approximate surface area is 237 Å². The third-order valence-corrected chi connectivity index (χ3v) is 7.67. The molecule has 40 heavy (non-hydrogen) atoms. The van der Waals surface area contributed by atoms with Gasteiger partial charge >= 0.3 is 0 Å². The Morgan fingerprint density at radius 2 is 1.98 bits per heavy atom. The Morgan fingerprint density at radius 3 is 2.55 bits per heavy atom. The number of nitrogens with zero attached hydrogens (tertiary/aromatic N) is 6. The van der Waals surface area contributed by atoms with E-state index in [0.29, 0.717) is 24.7 Å². The number of hydrogen-bond donors (Lipinski definition) is 0. The van der Waals surface area contributed by atoms with Crippen molar-refractivity contribution in [2.45, 2.75) is 59.4 Å². The minimum atomic E-state index is -0.691. The summed E-state index contributed by atoms with van der Waals surface area (Å²) in [6.45, 7) is 15.9. The molecule has 0 aliphatic carbocycles. The molecular formula is C31H44F2N6O. The molecule has 2 heterocycles. The van der Waals surface area contributed by atoms with Crippen LogP contribution in [0, 0.1) is 23.0 Å². The molecule has 1 aromatic heterocycles. The molecule has 1 aromatic carbocycles. The van der Waals surface area contributed by atoms with Gasteiger partial charge in [-0.3, -0.25) is 9.48 Å². The molecular weight excluding hydrogens is 510 g/mol. The van der Waals surface area contributed by atoms with Gasteiger partial charge in [0.25, 0.3) is 5.91 Å². The van der Waals surface area contributed by atoms with Crippen molar-refractivity contribution in [3.63, 3.8) is 0 Å². The number of benzene rings is 1. The van der Waals surface area contributed by atoms with Crippen molar-refractivity contribution in [1.82, 2.24) is 19.6 Å². The van der Waals surface area contributed by atoms with Crippen LogP contribution in [0.1, 0.15) is 75.3 Å². The molecule has 218 valence electrons. The van der Waals surface area contributed by atoms with Crippen LogP contribution in [-0.4, -0.2) is 65.8 Å². The maximum atomic E-state index is 14.5. The standard InChI is InChI=1S/C31H44F2N6O/c1-8-38(30(40)23-19-35-39(20-23)24-15-17-37(7)21-24)16-10-9-12-25(31(3,4)5)22(2)18-28(36-34-6)29-26(32)13-11-14-27(29)33/h11,13-14,18-20,24-25H,2,8-10,12,15-17,21H2,1,3-7H3/b28-18-,36-34?/t24?,25-/m0/s1. The maximum Gasteiger partial charge on any atom is 0.257 e. The van der Waals surface area contributed by atoms with Gasteiger partial charge in [0.1, 0.15) is 11.6 Å². The highest BCUT2D eigenvalue weighted by Gasteiger charge is 2.27. The summed E-state index contributed by atoms with van der Waals surface area (Å²) in [5.41, 5.74) is 1.14. The first-order chi connectivity index (χ1) is 19.0. The molecule has 9 heteroatoms. The number of amides is 1. The van der Waals surface area contributed by atoms with E-state index in [2.05, 4.69) is 54.6 Å². The minimum Gasteiger partial charge on any atom is -0.339 e. The van der Waals surface area contributed by atoms with Gasteiger partial charge in [0.05, 0.1) is 29.1 Å². The zero-order valence-corrected chi connectivity index (χ0v) is 24.8. The molecule has 0 bridgehead atoms. The van der Waals surface area contributed by atoms with Crippen LogP contribution in [0.2, 0.25) is 0 Å². The molecule has 1 unspecified atom stereocenters. The minimum absolute atomic E-state index is 0.00120. The number of azo groups is 1. The lowest BCUT2D eigenvalue weighted by molar-refractivity contribution is 0.0760. The summed E-state index contributed by atoms with van der Waals surface area (Å²) in [5, 5.41) is 12.3. The summed E-state index contributed by atoms with van der Waals surface area (Å²) in [6.07, 6.45) is 8.75. The van der Waals surface area contributed by atoms with Crippen molar-refractivity contribution in [3.05, 3.63) is 71.6 Å². The predicted octanol–water partition coefficient (Wildman–Crippen LogP) is 7.01. The summed E-state index contributed by atoms with van der Waals surface area (Å²) in [5.74, 6) is -1.34. The second kappa shape index (κ2) is 13.9. The fourth-order valence-corrected chi connectivity index (χ4v) is 5.46. The molecule has 0 radical (unpaired) electrons. The van der Waals surface area contributed by atoms with Gasteiger partial charge in [0.2, 0.25) is 0 Å². The normalized spacial score (nSPS) is 17.5. The Kier molecular flexibility index (Phi) is 10.9. The number of rotatable bonds is 12. The highest BCUT2D eigenvalue weighted by Crippen LogP contribution is 2.37. The van der Waals surface area contributed by atoms with E-state index in [0.717, 1.165) is 44.3 Å². The fourth-order valence-electron chi connectivity index (χ4n) is 5.46. The second-order valence-electron chi connectivity index (χ2n) is 11.7. The van der Waals surface area contributed by atoms with Gasteiger partial charge in [0.15, 0.2) is 0 Å². The first-order valence-corrected chi connectivity index (χ1v) is 14.1. The number of aromatic nitrogens is 2. The van der Waals surface area contributed by atoms with Crippen molar-refractivity contribution in [1.29, 1.82) is 0 Å². The fraction of sp³-hybridized carbons (Fsp3) is 0.548. The van der Waals surface area contributed by atoms with Crippen LogP contribution in [0.25, 0.3) is 5.70 Å². The number of likely N-dealkylation sites (N-methyl/N-ethyl adjacent to an activating group) is 1. The molecule has 0 N–H and O–H groups in total. The topological polar surface area (TPSA) is 66.1 Å². The highest BCUT2D eigenvalue weighted by atomic mass is 19.1. The summed E-state index contributed by atoms with van der Waals surface area (Å²) in [4.78, 5) is 17.3. The van der Waals surface area contributed by atoms with E-state index in [1.165, 1.54) is 25.2 Å². The van der Waals surface area contributed by atoms with E-state index in [1.807, 2.05) is 22.7 Å². The summed E-state index contributed by atoms with van der Waals surface area (Å²) >= 11 is 0. The van der Waals surface area contributed by atoms with Crippen LogP contribution in [-0.2, 0) is 0 Å². The van der Waals surface area contributed by atoms with E-state index in [1.54, 1.807) is 12.3 Å². The Morgan fingerprint density at radius 1 is 1.27 bits per heavy atom. The molecule has 2 aromatic rings. The first-order valence-electron chi connectivity index (χ1n) is 14.1. The van der Waals surface area contributed by atoms with Gasteiger partial charge < -0.3 is 9.80 Å². The number of hydrogen-bond acceptors (Lipinski definition) is 5. The van der Waals surface area contributed by atoms with Gasteiger partial charge in [-0.15, -0.1) is 0 Å². The van der Waals surface area contributed by atoms with E-state index in [-0.39, 0.29) is 28.5 Å². The van der Waals surface area contributed by atoms with Gasteiger partial charge in [-0.05, 0) is 74.9 Å². The van der Waals surface area contributed by atoms with Crippen molar-refractivity contribution in [2.75, 3.05) is 40.3 Å². The van der Waals surface area contributed by atoms with Gasteiger partial charge in [-0.1, -0.05) is 39.8 Å². The van der Waals surface area contributed by atoms with Gasteiger partial charge in [-0.25, -0.2) is 8.78 Å². The number of allylic oxidation sites excluding steroid dienone is 2. The third-order valence-electron chi connectivity index (χ3n) is 7.67. The molecule has 2 atom stereocenters. The zero-order valence-electron chi connectivity index (χ0n) is 24.8. The van der Waals surface area contributed by atoms with Crippen LogP contribution in [0.15, 0.2) is 59.0 Å². The highest BCUT2D eigenvalue weighted by molar-refractivity contribution is 5.93. The molecule has 0 spiro atoms. The molecule has 3 rings (SSSR count). The summed E-state index contributed by atoms with van der Waals surface area (Å²) in [6, 6.07) is 4.06. The Bertz CT molecular complexity index is 1210. The van der Waals surface area contributed by atoms with Crippen LogP contribution in [0.5, 0.6) is 0 Å². The Balaban J connectivity index is 1.64. The molecule has 0 saturated carbocycles. The second-order valence-corrected chi connectivity index (χ2v) is 11.7. The number of likely N-dealkylation sites (tertiary alicyclic amines) is 1. The maximum absolute atomic E-state index is 14.5. The van der Waals surface area contributed by atoms with Crippen molar-refractivity contribution in [3.8, 4) is 0 Å². The predicted molar refractivity (Wildman–Crippen MR) is 156 cm³/mol. The van der Waals surface area contributed by atoms with Gasteiger partial charge in [0, 0.05) is 32.9 Å². The molecule has 1 fully saturated rings. The number of unbranched alkanes of at least 4 members (excludes halogenated alkanes) is 1. The summed E-state index contributed by atoms with van der Waals surface area (Å²) in [7, 11) is 3.57. The Hall–Kier alpha value is -3.20. The summed E-state index contributed by atoms with van der Waals surface area (Å²) < 4.78 is 30.9. The van der Waals surface area contributed by atoms with Gasteiger partial charge in [-0.2, -0.15) is 15.3 Å². The van der Waals surface area contributed by atoms with E-state index in [9.17, 15) is 13.6 Å². The average Bonchev–Trinajstić information content (AvgIpc) is 3.54. The molecule has 7 nitrogen and oxygen atoms in total. The van der Waals surface area contributed by atoms with Crippen molar-refractivity contribution in [2.24, 2.45) is 21.6 Å². The van der Waals surface area contributed by atoms with Crippen LogP contribution < -0.4 is 0 Å². The largest absolute Gasteiger partial charge is 0.339 e. The molecule has 1 amide bonds. The van der Waals surface area contributed by atoms with Crippen LogP contribution in [0.4, 0.5) is 8.78 Å². The molecule has 1 aliphatic rings. The van der Waals surface area contributed by atoms with E-state index >= 15 is 0 Å². The lowest BCUT2D eigenvalue weighted by atomic mass is 9.73. The molecule has 1 saturated heterocycles. The van der Waals surface area contributed by atoms with E-state index in [4.69, 9.17) is 0 Å². The lowest BCUT2D eigenvalue weighted by Gasteiger charge is -2.32. The van der Waals surface area contributed by atoms with Crippen LogP contribution in [0.3, 0.4) is 0 Å². The SMILES string of the molecule is C=C(/C=C(\N=NC)c1c(F)cccc1F)[C@H](CCCCN(CC)C(=O)c1cnn(C2CCN(C)C2)c1)C(C)(C)C. The quantitative estimate of drug-likeness (QED) is 0.161. The number of halogens is 2. The van der Waals surface area contributed by atoms with Crippen LogP contribution >= 0.6 is 0 Å². The van der Waals surface area contributed by atoms with E-state index < -0.39 is 11.6 Å². The average molecular weight is 555 g/mol. The monoisotopic (exact) mass is 554 g/mol. The van der Waals surface area contributed by atoms with Crippen molar-refractivity contribution >= 4 is 11.6 Å². The molecule has 1 aliphatic heterocycles. The zero-order chi connectivity index (χ0) is 29.4. The number of carbonyl (C=O) groups is 1. The number of carbonyl (C=O) groups excluding carboxylic acids is 1. The third kappa shape index (κ3) is 7.93. The first kappa shape index (κ1) is 31.3.